The lowest BCUT2D eigenvalue weighted by Crippen LogP contribution is -2.41. The van der Waals surface area contributed by atoms with Gasteiger partial charge in [-0.1, -0.05) is 48.4 Å². The van der Waals surface area contributed by atoms with Crippen molar-refractivity contribution in [3.63, 3.8) is 0 Å². The second kappa shape index (κ2) is 9.92. The zero-order chi connectivity index (χ0) is 23.4. The summed E-state index contributed by atoms with van der Waals surface area (Å²) in [5.74, 6) is -0.151. The van der Waals surface area contributed by atoms with Crippen LogP contribution in [-0.4, -0.2) is 42.3 Å². The Kier molecular flexibility index (Phi) is 6.99. The summed E-state index contributed by atoms with van der Waals surface area (Å²) in [7, 11) is 1.36. The third-order valence-corrected chi connectivity index (χ3v) is 7.19. The van der Waals surface area contributed by atoms with Gasteiger partial charge in [0.25, 0.3) is 0 Å². The van der Waals surface area contributed by atoms with Crippen molar-refractivity contribution in [3.05, 3.63) is 82.4 Å². The summed E-state index contributed by atoms with van der Waals surface area (Å²) in [4.78, 5) is 39.1. The summed E-state index contributed by atoms with van der Waals surface area (Å²) in [6.07, 6.45) is 8.20. The number of methoxy groups -OCH3 is 1. The maximum absolute atomic E-state index is 13.2. The van der Waals surface area contributed by atoms with E-state index in [-0.39, 0.29) is 23.7 Å². The quantitative estimate of drug-likeness (QED) is 0.410. The van der Waals surface area contributed by atoms with Crippen LogP contribution in [0.2, 0.25) is 5.02 Å². The number of hydrogen-bond donors (Lipinski definition) is 0. The highest BCUT2D eigenvalue weighted by Gasteiger charge is 2.44. The van der Waals surface area contributed by atoms with Gasteiger partial charge in [0.1, 0.15) is 0 Å². The van der Waals surface area contributed by atoms with Crippen LogP contribution in [0.1, 0.15) is 53.6 Å². The topological polar surface area (TPSA) is 63.7 Å². The molecule has 2 fully saturated rings. The number of allylic oxidation sites excluding steroid dienone is 1. The van der Waals surface area contributed by atoms with Crippen LogP contribution in [0.4, 0.5) is 0 Å². The molecular formula is C27H28ClNO4. The second-order valence-corrected chi connectivity index (χ2v) is 9.23. The normalized spacial score (nSPS) is 19.5. The summed E-state index contributed by atoms with van der Waals surface area (Å²) in [5, 5.41) is 0.663. The molecule has 0 unspecified atom stereocenters. The average molecular weight is 466 g/mol. The van der Waals surface area contributed by atoms with Gasteiger partial charge >= 0.3 is 5.97 Å². The molecule has 1 aliphatic heterocycles. The van der Waals surface area contributed by atoms with E-state index in [4.69, 9.17) is 16.3 Å². The van der Waals surface area contributed by atoms with Crippen LogP contribution in [0.5, 0.6) is 0 Å². The van der Waals surface area contributed by atoms with Crippen molar-refractivity contribution in [2.75, 3.05) is 13.7 Å². The fourth-order valence-electron chi connectivity index (χ4n) is 4.76. The summed E-state index contributed by atoms with van der Waals surface area (Å²) in [6, 6.07) is 14.7. The summed E-state index contributed by atoms with van der Waals surface area (Å²) in [5.41, 5.74) is 2.10. The molecule has 0 radical (unpaired) electrons. The first-order valence-electron chi connectivity index (χ1n) is 11.4. The van der Waals surface area contributed by atoms with E-state index in [1.807, 2.05) is 47.4 Å². The van der Waals surface area contributed by atoms with Crippen molar-refractivity contribution < 1.29 is 19.1 Å². The predicted molar refractivity (Wildman–Crippen MR) is 127 cm³/mol. The van der Waals surface area contributed by atoms with Gasteiger partial charge in [0, 0.05) is 18.0 Å². The van der Waals surface area contributed by atoms with Gasteiger partial charge in [-0.15, -0.1) is 0 Å². The van der Waals surface area contributed by atoms with Crippen LogP contribution in [0.15, 0.2) is 60.7 Å². The molecular weight excluding hydrogens is 438 g/mol. The van der Waals surface area contributed by atoms with Crippen molar-refractivity contribution in [2.24, 2.45) is 0 Å². The van der Waals surface area contributed by atoms with Crippen molar-refractivity contribution in [1.29, 1.82) is 0 Å². The molecule has 1 saturated heterocycles. The molecule has 0 aromatic heterocycles. The second-order valence-electron chi connectivity index (χ2n) is 8.80. The number of carbonyl (C=O) groups is 3. The highest BCUT2D eigenvalue weighted by atomic mass is 35.5. The number of rotatable bonds is 8. The van der Waals surface area contributed by atoms with Crippen molar-refractivity contribution in [2.45, 2.75) is 50.0 Å². The van der Waals surface area contributed by atoms with Crippen LogP contribution < -0.4 is 0 Å². The lowest BCUT2D eigenvalue weighted by molar-refractivity contribution is -0.128. The third kappa shape index (κ3) is 4.88. The van der Waals surface area contributed by atoms with E-state index in [1.54, 1.807) is 18.2 Å². The summed E-state index contributed by atoms with van der Waals surface area (Å²) >= 11 is 6.02. The standard InChI is InChI=1S/C27H28ClNO4/c1-33-26(32)20-5-3-19(4-6-20)15-18-29-23(12-14-25(29)31)11-13-24(30)27(16-2-17-27)21-7-9-22(28)10-8-21/h3-11,13,23H,2,12,14-18H2,1H3/t23-/m0/s1. The van der Waals surface area contributed by atoms with Crippen LogP contribution in [-0.2, 0) is 26.2 Å². The lowest BCUT2D eigenvalue weighted by Gasteiger charge is -2.40. The van der Waals surface area contributed by atoms with Crippen LogP contribution in [0.25, 0.3) is 0 Å². The number of benzene rings is 2. The number of nitrogens with zero attached hydrogens (tertiary/aromatic N) is 1. The maximum atomic E-state index is 13.2. The van der Waals surface area contributed by atoms with E-state index >= 15 is 0 Å². The van der Waals surface area contributed by atoms with Crippen LogP contribution >= 0.6 is 11.6 Å². The monoisotopic (exact) mass is 465 g/mol. The van der Waals surface area contributed by atoms with Gasteiger partial charge in [0.15, 0.2) is 5.78 Å². The predicted octanol–water partition coefficient (Wildman–Crippen LogP) is 4.91. The van der Waals surface area contributed by atoms with Gasteiger partial charge in [-0.3, -0.25) is 9.59 Å². The van der Waals surface area contributed by atoms with E-state index < -0.39 is 5.41 Å². The zero-order valence-electron chi connectivity index (χ0n) is 18.8. The average Bonchev–Trinajstić information content (AvgIpc) is 3.15. The van der Waals surface area contributed by atoms with Gasteiger partial charge in [0.05, 0.1) is 24.1 Å². The largest absolute Gasteiger partial charge is 0.465 e. The van der Waals surface area contributed by atoms with Gasteiger partial charge in [0.2, 0.25) is 5.91 Å². The summed E-state index contributed by atoms with van der Waals surface area (Å²) < 4.78 is 4.73. The Labute approximate surface area is 199 Å². The van der Waals surface area contributed by atoms with E-state index in [2.05, 4.69) is 0 Å². The fraction of sp³-hybridized carbons (Fsp3) is 0.370. The molecule has 5 nitrogen and oxygen atoms in total. The molecule has 0 N–H and O–H groups in total. The Hall–Kier alpha value is -2.92. The lowest BCUT2D eigenvalue weighted by atomic mass is 9.62. The Morgan fingerprint density at radius 1 is 1.12 bits per heavy atom. The number of halogens is 1. The number of amides is 1. The van der Waals surface area contributed by atoms with E-state index in [1.165, 1.54) is 7.11 Å². The van der Waals surface area contributed by atoms with Crippen LogP contribution in [0, 0.1) is 0 Å². The van der Waals surface area contributed by atoms with Crippen molar-refractivity contribution in [1.82, 2.24) is 4.90 Å². The number of ketones is 1. The molecule has 1 atom stereocenters. The first-order chi connectivity index (χ1) is 15.9. The highest BCUT2D eigenvalue weighted by molar-refractivity contribution is 6.30. The number of esters is 1. The molecule has 1 amide bonds. The SMILES string of the molecule is COC(=O)c1ccc(CCN2C(=O)CC[C@@H]2C=CC(=O)C2(c3ccc(Cl)cc3)CCC2)cc1. The first-order valence-corrected chi connectivity index (χ1v) is 11.8. The zero-order valence-corrected chi connectivity index (χ0v) is 19.5. The Morgan fingerprint density at radius 3 is 2.42 bits per heavy atom. The minimum Gasteiger partial charge on any atom is -0.465 e. The smallest absolute Gasteiger partial charge is 0.337 e. The molecule has 0 bridgehead atoms. The molecule has 1 heterocycles. The number of ether oxygens (including phenoxy) is 1. The number of likely N-dealkylation sites (tertiary alicyclic amines) is 1. The van der Waals surface area contributed by atoms with Crippen LogP contribution in [0.3, 0.4) is 0 Å². The third-order valence-electron chi connectivity index (χ3n) is 6.94. The fourth-order valence-corrected chi connectivity index (χ4v) is 4.88. The van der Waals surface area contributed by atoms with E-state index in [0.717, 1.165) is 36.8 Å². The Balaban J connectivity index is 1.40. The van der Waals surface area contributed by atoms with Crippen molar-refractivity contribution in [3.8, 4) is 0 Å². The maximum Gasteiger partial charge on any atom is 0.337 e. The molecule has 6 heteroatoms. The van der Waals surface area contributed by atoms with Gasteiger partial charge in [-0.05, 0) is 67.2 Å². The molecule has 4 rings (SSSR count). The number of carbonyl (C=O) groups excluding carboxylic acids is 3. The highest BCUT2D eigenvalue weighted by Crippen LogP contribution is 2.45. The van der Waals surface area contributed by atoms with Gasteiger partial charge < -0.3 is 9.64 Å². The molecule has 1 saturated carbocycles. The molecule has 2 aromatic carbocycles. The van der Waals surface area contributed by atoms with Gasteiger partial charge in [-0.2, -0.15) is 0 Å². The molecule has 2 aliphatic rings. The number of hydrogen-bond acceptors (Lipinski definition) is 4. The minimum absolute atomic E-state index is 0.0712. The molecule has 172 valence electrons. The van der Waals surface area contributed by atoms with E-state index in [9.17, 15) is 14.4 Å². The minimum atomic E-state index is -0.462. The molecule has 33 heavy (non-hydrogen) atoms. The first kappa shape index (κ1) is 23.2. The Morgan fingerprint density at radius 2 is 1.82 bits per heavy atom. The van der Waals surface area contributed by atoms with Crippen molar-refractivity contribution >= 4 is 29.3 Å². The Bertz CT molecular complexity index is 1050. The molecule has 0 spiro atoms. The summed E-state index contributed by atoms with van der Waals surface area (Å²) in [6.45, 7) is 0.571. The molecule has 2 aromatic rings. The van der Waals surface area contributed by atoms with Gasteiger partial charge in [-0.25, -0.2) is 4.79 Å². The van der Waals surface area contributed by atoms with E-state index in [0.29, 0.717) is 30.0 Å². The molecule has 1 aliphatic carbocycles.